The van der Waals surface area contributed by atoms with E-state index in [-0.39, 0.29) is 30.0 Å². The number of hydrogen-bond donors (Lipinski definition) is 2. The van der Waals surface area contributed by atoms with E-state index in [4.69, 9.17) is 4.42 Å². The van der Waals surface area contributed by atoms with E-state index in [1.165, 1.54) is 11.1 Å². The number of halogens is 1. The Kier molecular flexibility index (Phi) is 9.32. The van der Waals surface area contributed by atoms with Gasteiger partial charge in [0.1, 0.15) is 6.26 Å². The third-order valence-corrected chi connectivity index (χ3v) is 4.78. The van der Waals surface area contributed by atoms with E-state index in [2.05, 4.69) is 70.8 Å². The van der Waals surface area contributed by atoms with Crippen molar-refractivity contribution >= 4 is 29.9 Å². The van der Waals surface area contributed by atoms with Gasteiger partial charge in [0.05, 0.1) is 18.3 Å². The van der Waals surface area contributed by atoms with Crippen LogP contribution in [0.2, 0.25) is 0 Å². The van der Waals surface area contributed by atoms with E-state index in [1.807, 2.05) is 30.3 Å². The number of guanidine groups is 1. The molecule has 30 heavy (non-hydrogen) atoms. The van der Waals surface area contributed by atoms with Crippen molar-refractivity contribution in [2.45, 2.75) is 19.5 Å². The molecule has 0 amide bonds. The van der Waals surface area contributed by atoms with Crippen molar-refractivity contribution in [2.24, 2.45) is 4.99 Å². The summed E-state index contributed by atoms with van der Waals surface area (Å²) in [6, 6.07) is 18.8. The second-order valence-electron chi connectivity index (χ2n) is 7.21. The molecule has 1 aromatic heterocycles. The maximum Gasteiger partial charge on any atom is 0.226 e. The van der Waals surface area contributed by atoms with Crippen LogP contribution in [0.15, 0.2) is 70.3 Å². The highest BCUT2D eigenvalue weighted by Crippen LogP contribution is 2.19. The maximum atomic E-state index is 5.60. The monoisotopic (exact) mass is 519 g/mol. The van der Waals surface area contributed by atoms with Crippen molar-refractivity contribution in [2.75, 3.05) is 27.7 Å². The van der Waals surface area contributed by atoms with Crippen LogP contribution in [0.1, 0.15) is 22.9 Å². The molecule has 3 aromatic rings. The van der Waals surface area contributed by atoms with Gasteiger partial charge in [-0.25, -0.2) is 4.98 Å². The molecule has 0 saturated heterocycles. The second-order valence-corrected chi connectivity index (χ2v) is 7.21. The Morgan fingerprint density at radius 3 is 2.40 bits per heavy atom. The number of benzene rings is 2. The second kappa shape index (κ2) is 11.7. The van der Waals surface area contributed by atoms with Crippen LogP contribution in [-0.2, 0) is 6.54 Å². The zero-order chi connectivity index (χ0) is 20.6. The normalized spacial score (nSPS) is 12.4. The number of rotatable bonds is 7. The average Bonchev–Trinajstić information content (AvgIpc) is 3.21. The highest BCUT2D eigenvalue weighted by Gasteiger charge is 2.15. The molecule has 0 spiro atoms. The van der Waals surface area contributed by atoms with Crippen LogP contribution in [0.4, 0.5) is 0 Å². The first-order valence-corrected chi connectivity index (χ1v) is 9.74. The minimum atomic E-state index is 0. The van der Waals surface area contributed by atoms with Crippen LogP contribution in [0.25, 0.3) is 11.5 Å². The number of aliphatic imine (C=N–C) groups is 1. The summed E-state index contributed by atoms with van der Waals surface area (Å²) in [5.41, 5.74) is 4.33. The Labute approximate surface area is 195 Å². The molecule has 0 fully saturated rings. The first kappa shape index (κ1) is 23.9. The molecule has 6 nitrogen and oxygen atoms in total. The third kappa shape index (κ3) is 6.56. The number of hydrogen-bond acceptors (Lipinski definition) is 4. The van der Waals surface area contributed by atoms with Gasteiger partial charge in [0.2, 0.25) is 5.89 Å². The van der Waals surface area contributed by atoms with Crippen molar-refractivity contribution in [1.82, 2.24) is 20.5 Å². The number of nitrogens with zero attached hydrogens (tertiary/aromatic N) is 3. The first-order chi connectivity index (χ1) is 14.1. The molecule has 2 N–H and O–H groups in total. The molecule has 1 atom stereocenters. The van der Waals surface area contributed by atoms with E-state index >= 15 is 0 Å². The van der Waals surface area contributed by atoms with Crippen LogP contribution in [0.5, 0.6) is 0 Å². The zero-order valence-electron chi connectivity index (χ0n) is 17.9. The van der Waals surface area contributed by atoms with Crippen LogP contribution in [-0.4, -0.2) is 43.5 Å². The van der Waals surface area contributed by atoms with Gasteiger partial charge in [0.25, 0.3) is 0 Å². The summed E-state index contributed by atoms with van der Waals surface area (Å²) >= 11 is 0. The molecule has 1 heterocycles. The minimum Gasteiger partial charge on any atom is -0.444 e. The molecule has 0 saturated carbocycles. The molecular weight excluding hydrogens is 489 g/mol. The molecule has 0 bridgehead atoms. The molecule has 2 aromatic carbocycles. The Morgan fingerprint density at radius 2 is 1.77 bits per heavy atom. The van der Waals surface area contributed by atoms with Crippen molar-refractivity contribution in [3.63, 3.8) is 0 Å². The van der Waals surface area contributed by atoms with Gasteiger partial charge in [-0.1, -0.05) is 48.0 Å². The summed E-state index contributed by atoms with van der Waals surface area (Å²) in [7, 11) is 5.94. The smallest absolute Gasteiger partial charge is 0.226 e. The number of nitrogens with one attached hydrogen (secondary N) is 2. The van der Waals surface area contributed by atoms with Crippen LogP contribution in [0.3, 0.4) is 0 Å². The standard InChI is InChI=1S/C23H29N5O.HI/c1-17-10-12-18(13-11-17)21(28(3)4)15-26-23(24-2)25-14-20-16-29-22(27-20)19-8-6-5-7-9-19;/h5-13,16,21H,14-15H2,1-4H3,(H2,24,25,26);1H. The lowest BCUT2D eigenvalue weighted by molar-refractivity contribution is 0.298. The first-order valence-electron chi connectivity index (χ1n) is 9.74. The van der Waals surface area contributed by atoms with Gasteiger partial charge < -0.3 is 20.0 Å². The molecule has 0 aliphatic carbocycles. The Morgan fingerprint density at radius 1 is 1.07 bits per heavy atom. The lowest BCUT2D eigenvalue weighted by Crippen LogP contribution is -2.41. The summed E-state index contributed by atoms with van der Waals surface area (Å²) < 4.78 is 5.60. The minimum absolute atomic E-state index is 0. The van der Waals surface area contributed by atoms with E-state index in [0.717, 1.165) is 23.8 Å². The van der Waals surface area contributed by atoms with E-state index in [1.54, 1.807) is 13.3 Å². The lowest BCUT2D eigenvalue weighted by atomic mass is 10.0. The lowest BCUT2D eigenvalue weighted by Gasteiger charge is -2.26. The quantitative estimate of drug-likeness (QED) is 0.278. The fourth-order valence-electron chi connectivity index (χ4n) is 3.08. The molecule has 0 aliphatic rings. The third-order valence-electron chi connectivity index (χ3n) is 4.78. The van der Waals surface area contributed by atoms with Crippen molar-refractivity contribution < 1.29 is 4.42 Å². The SMILES string of the molecule is CN=C(NCc1coc(-c2ccccc2)n1)NCC(c1ccc(C)cc1)N(C)C.I. The molecule has 0 aliphatic heterocycles. The molecule has 1 unspecified atom stereocenters. The van der Waals surface area contributed by atoms with Gasteiger partial charge in [-0.15, -0.1) is 24.0 Å². The van der Waals surface area contributed by atoms with Gasteiger partial charge in [-0.05, 0) is 38.7 Å². The van der Waals surface area contributed by atoms with E-state index in [9.17, 15) is 0 Å². The summed E-state index contributed by atoms with van der Waals surface area (Å²) in [5, 5.41) is 6.71. The largest absolute Gasteiger partial charge is 0.444 e. The summed E-state index contributed by atoms with van der Waals surface area (Å²) in [4.78, 5) is 11.1. The highest BCUT2D eigenvalue weighted by atomic mass is 127. The van der Waals surface area contributed by atoms with Crippen LogP contribution >= 0.6 is 24.0 Å². The Balaban J connectivity index is 0.00000320. The average molecular weight is 519 g/mol. The molecular formula is C23H30IN5O. The van der Waals surface area contributed by atoms with Crippen molar-refractivity contribution in [3.05, 3.63) is 77.7 Å². The molecule has 7 heteroatoms. The predicted octanol–water partition coefficient (Wildman–Crippen LogP) is 4.24. The van der Waals surface area contributed by atoms with E-state index < -0.39 is 0 Å². The summed E-state index contributed by atoms with van der Waals surface area (Å²) in [6.45, 7) is 3.38. The number of likely N-dealkylation sites (N-methyl/N-ethyl adjacent to an activating group) is 1. The molecule has 3 rings (SSSR count). The number of aromatic nitrogens is 1. The summed E-state index contributed by atoms with van der Waals surface area (Å²) in [5.74, 6) is 1.35. The van der Waals surface area contributed by atoms with Crippen LogP contribution in [0, 0.1) is 6.92 Å². The van der Waals surface area contributed by atoms with Gasteiger partial charge in [-0.3, -0.25) is 4.99 Å². The molecule has 0 radical (unpaired) electrons. The van der Waals surface area contributed by atoms with Gasteiger partial charge in [0.15, 0.2) is 5.96 Å². The predicted molar refractivity (Wildman–Crippen MR) is 133 cm³/mol. The zero-order valence-corrected chi connectivity index (χ0v) is 20.3. The number of oxazole rings is 1. The van der Waals surface area contributed by atoms with Gasteiger partial charge in [-0.2, -0.15) is 0 Å². The van der Waals surface area contributed by atoms with E-state index in [0.29, 0.717) is 12.4 Å². The fourth-order valence-corrected chi connectivity index (χ4v) is 3.08. The Bertz CT molecular complexity index is 922. The maximum absolute atomic E-state index is 5.60. The van der Waals surface area contributed by atoms with Crippen LogP contribution < -0.4 is 10.6 Å². The Hall–Kier alpha value is -2.39. The van der Waals surface area contributed by atoms with Crippen molar-refractivity contribution in [1.29, 1.82) is 0 Å². The summed E-state index contributed by atoms with van der Waals surface area (Å²) in [6.07, 6.45) is 1.68. The van der Waals surface area contributed by atoms with Gasteiger partial charge >= 0.3 is 0 Å². The topological polar surface area (TPSA) is 65.7 Å². The highest BCUT2D eigenvalue weighted by molar-refractivity contribution is 14.0. The van der Waals surface area contributed by atoms with Gasteiger partial charge in [0, 0.05) is 19.2 Å². The fraction of sp³-hybridized carbons (Fsp3) is 0.304. The van der Waals surface area contributed by atoms with Crippen molar-refractivity contribution in [3.8, 4) is 11.5 Å². The number of aryl methyl sites for hydroxylation is 1. The molecule has 160 valence electrons.